The summed E-state index contributed by atoms with van der Waals surface area (Å²) < 4.78 is 2.04. The van der Waals surface area contributed by atoms with Crippen molar-refractivity contribution >= 4 is 34.5 Å². The molecule has 27 heavy (non-hydrogen) atoms. The second-order valence-corrected chi connectivity index (χ2v) is 6.70. The highest BCUT2D eigenvalue weighted by Gasteiger charge is 2.33. The van der Waals surface area contributed by atoms with Gasteiger partial charge in [-0.3, -0.25) is 14.7 Å². The van der Waals surface area contributed by atoms with Gasteiger partial charge in [-0.1, -0.05) is 23.7 Å². The van der Waals surface area contributed by atoms with E-state index in [4.69, 9.17) is 11.6 Å². The molecule has 4 heterocycles. The summed E-state index contributed by atoms with van der Waals surface area (Å²) in [5.41, 5.74) is 4.07. The number of amides is 1. The molecule has 0 unspecified atom stereocenters. The van der Waals surface area contributed by atoms with Crippen molar-refractivity contribution < 1.29 is 4.79 Å². The van der Waals surface area contributed by atoms with E-state index in [0.717, 1.165) is 22.2 Å². The zero-order chi connectivity index (χ0) is 18.4. The van der Waals surface area contributed by atoms with E-state index in [1.807, 2.05) is 41.0 Å². The summed E-state index contributed by atoms with van der Waals surface area (Å²) in [6, 6.07) is 13.1. The van der Waals surface area contributed by atoms with Gasteiger partial charge in [-0.15, -0.1) is 0 Å². The summed E-state index contributed by atoms with van der Waals surface area (Å²) in [5.74, 6) is 0.282. The normalized spacial score (nSPS) is 13.8. The van der Waals surface area contributed by atoms with Crippen LogP contribution in [0.15, 0.2) is 61.1 Å². The predicted molar refractivity (Wildman–Crippen MR) is 104 cm³/mol. The van der Waals surface area contributed by atoms with Crippen LogP contribution in [-0.2, 0) is 6.54 Å². The number of rotatable bonds is 2. The first kappa shape index (κ1) is 16.0. The topological polar surface area (TPSA) is 63.9 Å². The number of carbonyl (C=O) groups is 1. The number of halogens is 1. The molecule has 1 aliphatic rings. The predicted octanol–water partition coefficient (Wildman–Crippen LogP) is 3.81. The Bertz CT molecular complexity index is 1150. The smallest absolute Gasteiger partial charge is 0.278 e. The molecule has 7 heteroatoms. The first-order valence-corrected chi connectivity index (χ1v) is 8.94. The number of pyridine rings is 1. The van der Waals surface area contributed by atoms with Crippen LogP contribution >= 0.6 is 11.6 Å². The van der Waals surface area contributed by atoms with Gasteiger partial charge < -0.3 is 4.57 Å². The van der Waals surface area contributed by atoms with Gasteiger partial charge in [-0.05, 0) is 35.9 Å². The third-order valence-corrected chi connectivity index (χ3v) is 4.99. The van der Waals surface area contributed by atoms with Gasteiger partial charge in [0.1, 0.15) is 5.69 Å². The molecular formula is C20H14ClN5O. The highest BCUT2D eigenvalue weighted by molar-refractivity contribution is 6.30. The van der Waals surface area contributed by atoms with E-state index in [1.54, 1.807) is 29.6 Å². The maximum absolute atomic E-state index is 13.4. The van der Waals surface area contributed by atoms with Crippen LogP contribution in [0.5, 0.6) is 0 Å². The molecule has 0 spiro atoms. The van der Waals surface area contributed by atoms with Crippen molar-refractivity contribution in [2.24, 2.45) is 0 Å². The van der Waals surface area contributed by atoms with E-state index in [0.29, 0.717) is 29.8 Å². The Hall–Kier alpha value is -3.25. The van der Waals surface area contributed by atoms with E-state index < -0.39 is 0 Å². The van der Waals surface area contributed by atoms with Crippen molar-refractivity contribution in [3.8, 4) is 11.1 Å². The molecule has 0 bridgehead atoms. The van der Waals surface area contributed by atoms with E-state index in [2.05, 4.69) is 15.0 Å². The number of benzene rings is 1. The maximum atomic E-state index is 13.4. The number of anilines is 1. The van der Waals surface area contributed by atoms with E-state index >= 15 is 0 Å². The quantitative estimate of drug-likeness (QED) is 0.534. The third kappa shape index (κ3) is 2.49. The van der Waals surface area contributed by atoms with Crippen LogP contribution < -0.4 is 4.90 Å². The Morgan fingerprint density at radius 1 is 0.889 bits per heavy atom. The van der Waals surface area contributed by atoms with Gasteiger partial charge in [0.2, 0.25) is 5.95 Å². The summed E-state index contributed by atoms with van der Waals surface area (Å²) in [4.78, 5) is 28.1. The molecule has 6 nitrogen and oxygen atoms in total. The Labute approximate surface area is 160 Å². The monoisotopic (exact) mass is 375 g/mol. The molecule has 1 aromatic carbocycles. The number of hydrogen-bond acceptors (Lipinski definition) is 4. The molecular weight excluding hydrogens is 362 g/mol. The Kier molecular flexibility index (Phi) is 3.65. The summed E-state index contributed by atoms with van der Waals surface area (Å²) in [7, 11) is 0. The van der Waals surface area contributed by atoms with Gasteiger partial charge in [0.15, 0.2) is 0 Å². The molecule has 1 aliphatic heterocycles. The molecule has 132 valence electrons. The fourth-order valence-electron chi connectivity index (χ4n) is 3.57. The van der Waals surface area contributed by atoms with E-state index in [1.165, 1.54) is 0 Å². The molecule has 0 saturated carbocycles. The molecule has 0 N–H and O–H groups in total. The molecule has 0 radical (unpaired) electrons. The Morgan fingerprint density at radius 3 is 2.41 bits per heavy atom. The largest absolute Gasteiger partial charge is 0.333 e. The minimum Gasteiger partial charge on any atom is -0.333 e. The summed E-state index contributed by atoms with van der Waals surface area (Å²) in [6.45, 7) is 1.16. The minimum absolute atomic E-state index is 0.129. The van der Waals surface area contributed by atoms with Crippen LogP contribution in [0.25, 0.3) is 22.2 Å². The maximum Gasteiger partial charge on any atom is 0.278 e. The zero-order valence-corrected chi connectivity index (χ0v) is 15.0. The third-order valence-electron chi connectivity index (χ3n) is 4.74. The zero-order valence-electron chi connectivity index (χ0n) is 14.2. The van der Waals surface area contributed by atoms with Crippen molar-refractivity contribution in [3.05, 3.63) is 71.8 Å². The lowest BCUT2D eigenvalue weighted by Crippen LogP contribution is -2.41. The van der Waals surface area contributed by atoms with Crippen LogP contribution in [0, 0.1) is 0 Å². The first-order chi connectivity index (χ1) is 13.2. The van der Waals surface area contributed by atoms with Crippen LogP contribution in [0.2, 0.25) is 5.02 Å². The number of fused-ring (bicyclic) bond motifs is 3. The van der Waals surface area contributed by atoms with Gasteiger partial charge in [-0.25, -0.2) is 9.97 Å². The molecule has 0 aliphatic carbocycles. The van der Waals surface area contributed by atoms with E-state index in [9.17, 15) is 4.79 Å². The lowest BCUT2D eigenvalue weighted by molar-refractivity contribution is 0.0965. The SMILES string of the molecule is O=C1c2c(-c3ccc(Cl)cc3)c3ncccc3n2CCN1c1ncccn1. The highest BCUT2D eigenvalue weighted by Crippen LogP contribution is 2.37. The van der Waals surface area contributed by atoms with Crippen LogP contribution in [-0.4, -0.2) is 32.0 Å². The second kappa shape index (κ2) is 6.17. The van der Waals surface area contributed by atoms with Crippen molar-refractivity contribution in [3.63, 3.8) is 0 Å². The molecule has 5 rings (SSSR count). The summed E-state index contributed by atoms with van der Waals surface area (Å²) >= 11 is 6.05. The molecule has 0 saturated heterocycles. The molecule has 0 atom stereocenters. The van der Waals surface area contributed by atoms with Crippen LogP contribution in [0.1, 0.15) is 10.5 Å². The van der Waals surface area contributed by atoms with Crippen molar-refractivity contribution in [1.29, 1.82) is 0 Å². The van der Waals surface area contributed by atoms with Gasteiger partial charge in [0.25, 0.3) is 5.91 Å². The Balaban J connectivity index is 1.76. The van der Waals surface area contributed by atoms with Gasteiger partial charge in [-0.2, -0.15) is 0 Å². The minimum atomic E-state index is -0.129. The first-order valence-electron chi connectivity index (χ1n) is 8.56. The number of hydrogen-bond donors (Lipinski definition) is 0. The Morgan fingerprint density at radius 2 is 1.63 bits per heavy atom. The van der Waals surface area contributed by atoms with Gasteiger partial charge in [0.05, 0.1) is 11.0 Å². The summed E-state index contributed by atoms with van der Waals surface area (Å²) in [6.07, 6.45) is 5.03. The van der Waals surface area contributed by atoms with Crippen molar-refractivity contribution in [1.82, 2.24) is 19.5 Å². The standard InChI is InChI=1S/C20H14ClN5O/c21-14-6-4-13(5-7-14)16-17-15(3-1-8-22-17)25-11-12-26(19(27)18(16)25)20-23-9-2-10-24-20/h1-10H,11-12H2. The number of nitrogens with zero attached hydrogens (tertiary/aromatic N) is 5. The van der Waals surface area contributed by atoms with E-state index in [-0.39, 0.29) is 5.91 Å². The molecule has 0 fully saturated rings. The highest BCUT2D eigenvalue weighted by atomic mass is 35.5. The average Bonchev–Trinajstić information content (AvgIpc) is 3.05. The molecule has 1 amide bonds. The second-order valence-electron chi connectivity index (χ2n) is 6.26. The summed E-state index contributed by atoms with van der Waals surface area (Å²) in [5, 5.41) is 0.648. The average molecular weight is 376 g/mol. The van der Waals surface area contributed by atoms with Crippen LogP contribution in [0.4, 0.5) is 5.95 Å². The molecule has 3 aromatic heterocycles. The number of carbonyl (C=O) groups excluding carboxylic acids is 1. The fraction of sp³-hybridized carbons (Fsp3) is 0.100. The van der Waals surface area contributed by atoms with Crippen LogP contribution in [0.3, 0.4) is 0 Å². The number of aromatic nitrogens is 4. The van der Waals surface area contributed by atoms with Gasteiger partial charge in [0, 0.05) is 42.3 Å². The van der Waals surface area contributed by atoms with Crippen molar-refractivity contribution in [2.75, 3.05) is 11.4 Å². The van der Waals surface area contributed by atoms with Crippen molar-refractivity contribution in [2.45, 2.75) is 6.54 Å². The van der Waals surface area contributed by atoms with Gasteiger partial charge >= 0.3 is 0 Å². The molecule has 4 aromatic rings. The fourth-order valence-corrected chi connectivity index (χ4v) is 3.70. The lowest BCUT2D eigenvalue weighted by Gasteiger charge is -2.27. The lowest BCUT2D eigenvalue weighted by atomic mass is 10.0.